The van der Waals surface area contributed by atoms with Gasteiger partial charge in [0.1, 0.15) is 14.2 Å². The van der Waals surface area contributed by atoms with Gasteiger partial charge in [0.25, 0.3) is 0 Å². The van der Waals surface area contributed by atoms with Crippen molar-refractivity contribution in [3.63, 3.8) is 0 Å². The van der Waals surface area contributed by atoms with Gasteiger partial charge in [0.15, 0.2) is 0 Å². The van der Waals surface area contributed by atoms with E-state index in [0.29, 0.717) is 0 Å². The minimum absolute atomic E-state index is 0.0540. The van der Waals surface area contributed by atoms with Crippen molar-refractivity contribution in [3.8, 4) is 5.81 Å². The standard InChI is InChI=1S/CHN2P/c2-1-4-3/h3H. The number of nitriles is 1. The van der Waals surface area contributed by atoms with Gasteiger partial charge in [0, 0.05) is 0 Å². The van der Waals surface area contributed by atoms with E-state index in [2.05, 4.69) is 0 Å². The Labute approximate surface area is 25.7 Å². The molecule has 3 heteroatoms. The molecule has 0 saturated carbocycles. The van der Waals surface area contributed by atoms with Gasteiger partial charge in [-0.1, -0.05) is 0 Å². The van der Waals surface area contributed by atoms with Gasteiger partial charge >= 0.3 is 0 Å². The molecular formula is CHN2P. The van der Waals surface area contributed by atoms with Crippen molar-refractivity contribution in [2.45, 2.75) is 0 Å². The first-order valence-corrected chi connectivity index (χ1v) is 1.57. The van der Waals surface area contributed by atoms with E-state index in [1.54, 1.807) is 5.81 Å². The van der Waals surface area contributed by atoms with E-state index in [1.165, 1.54) is 0 Å². The lowest BCUT2D eigenvalue weighted by molar-refractivity contribution is 1.56. The largest absolute Gasteiger partial charge is 0.270 e. The van der Waals surface area contributed by atoms with Gasteiger partial charge < -0.3 is 0 Å². The van der Waals surface area contributed by atoms with Gasteiger partial charge in [-0.05, 0) is 0 Å². The molecular weight excluding hydrogens is 71.0 g/mol. The Morgan fingerprint density at radius 2 is 2.25 bits per heavy atom. The van der Waals surface area contributed by atoms with Crippen LogP contribution in [-0.4, -0.2) is 0 Å². The molecule has 1 N–H and O–H groups in total. The van der Waals surface area contributed by atoms with Crippen molar-refractivity contribution in [3.05, 3.63) is 0 Å². The average molecular weight is 72.0 g/mol. The van der Waals surface area contributed by atoms with Crippen LogP contribution in [0, 0.1) is 16.2 Å². The Hall–Kier alpha value is -0.410. The summed E-state index contributed by atoms with van der Waals surface area (Å²) in [6.45, 7) is 0. The van der Waals surface area contributed by atoms with Crippen molar-refractivity contribution in [1.82, 2.24) is 0 Å². The number of hydrogen-bond acceptors (Lipinski definition) is 2. The summed E-state index contributed by atoms with van der Waals surface area (Å²) in [6.07, 6.45) is 0. The monoisotopic (exact) mass is 72.0 g/mol. The lowest BCUT2D eigenvalue weighted by Crippen LogP contribution is -1.02. The first kappa shape index (κ1) is 3.59. The first-order valence-electron chi connectivity index (χ1n) is 0.671. The summed E-state index contributed by atoms with van der Waals surface area (Å²) >= 11 is 0. The van der Waals surface area contributed by atoms with Gasteiger partial charge in [-0.3, -0.25) is 5.16 Å². The first-order chi connectivity index (χ1) is 1.91. The van der Waals surface area contributed by atoms with E-state index in [9.17, 15) is 0 Å². The Morgan fingerprint density at radius 3 is 2.25 bits per heavy atom. The van der Waals surface area contributed by atoms with Gasteiger partial charge in [0.2, 0.25) is 0 Å². The maximum Gasteiger partial charge on any atom is 0.142 e. The summed E-state index contributed by atoms with van der Waals surface area (Å²) in [4.78, 5) is 0. The molecule has 4 heavy (non-hydrogen) atoms. The lowest BCUT2D eigenvalue weighted by Gasteiger charge is -1.28. The molecule has 0 aromatic rings. The highest BCUT2D eigenvalue weighted by Crippen LogP contribution is 1.78. The van der Waals surface area contributed by atoms with Crippen molar-refractivity contribution in [1.29, 1.82) is 10.4 Å². The Morgan fingerprint density at radius 1 is 2.00 bits per heavy atom. The highest BCUT2D eigenvalue weighted by Gasteiger charge is 1.39. The fraction of sp³-hybridized carbons (Fsp3) is 0. The van der Waals surface area contributed by atoms with E-state index >= 15 is 0 Å². The molecule has 0 rings (SSSR count). The second-order valence-corrected chi connectivity index (χ2v) is 0.635. The molecule has 0 aliphatic rings. The van der Waals surface area contributed by atoms with E-state index < -0.39 is 0 Å². The molecule has 0 aliphatic heterocycles. The molecule has 0 aromatic heterocycles. The van der Waals surface area contributed by atoms with Crippen LogP contribution in [0.4, 0.5) is 0 Å². The van der Waals surface area contributed by atoms with Crippen molar-refractivity contribution >= 4 is 8.37 Å². The SMILES string of the molecule is N#CP=N. The third-order valence-corrected chi connectivity index (χ3v) is 0.150. The fourth-order valence-corrected chi connectivity index (χ4v) is 0. The Kier molecular flexibility index (Phi) is 2.32. The summed E-state index contributed by atoms with van der Waals surface area (Å²) in [5.74, 6) is 1.57. The fourth-order valence-electron chi connectivity index (χ4n) is 0. The maximum absolute atomic E-state index is 7.43. The normalized spacial score (nSPS) is 5.75. The summed E-state index contributed by atoms with van der Waals surface area (Å²) < 4.78 is 0. The second-order valence-electron chi connectivity index (χ2n) is 0.212. The number of hydrogen-bond donors (Lipinski definition) is 1. The molecule has 0 atom stereocenters. The molecule has 0 spiro atoms. The van der Waals surface area contributed by atoms with Crippen LogP contribution in [0.15, 0.2) is 0 Å². The molecule has 0 bridgehead atoms. The topological polar surface area (TPSA) is 47.6 Å². The van der Waals surface area contributed by atoms with Crippen molar-refractivity contribution in [2.24, 2.45) is 0 Å². The van der Waals surface area contributed by atoms with Gasteiger partial charge in [0.05, 0.1) is 0 Å². The third kappa shape index (κ3) is 1.59. The maximum atomic E-state index is 7.43. The molecule has 0 saturated heterocycles. The molecule has 0 aliphatic carbocycles. The molecule has 0 radical (unpaired) electrons. The van der Waals surface area contributed by atoms with Crippen LogP contribution in [0.1, 0.15) is 0 Å². The average Bonchev–Trinajstić information content (AvgIpc) is 1.37. The smallest absolute Gasteiger partial charge is 0.142 e. The summed E-state index contributed by atoms with van der Waals surface area (Å²) in [5.41, 5.74) is 0. The molecule has 0 unspecified atom stereocenters. The van der Waals surface area contributed by atoms with E-state index in [0.717, 1.165) is 0 Å². The van der Waals surface area contributed by atoms with Gasteiger partial charge in [-0.25, -0.2) is 0 Å². The third-order valence-electron chi connectivity index (χ3n) is 0.0500. The van der Waals surface area contributed by atoms with Crippen molar-refractivity contribution < 1.29 is 0 Å². The van der Waals surface area contributed by atoms with Crippen LogP contribution in [0.5, 0.6) is 0 Å². The number of nitrogens with zero attached hydrogens (tertiary/aromatic N) is 1. The summed E-state index contributed by atoms with van der Waals surface area (Å²) in [7, 11) is 0.0540. The quantitative estimate of drug-likeness (QED) is 0.429. The minimum Gasteiger partial charge on any atom is -0.270 e. The molecule has 2 nitrogen and oxygen atoms in total. The van der Waals surface area contributed by atoms with E-state index in [-0.39, 0.29) is 8.37 Å². The predicted octanol–water partition coefficient (Wildman–Crippen LogP) is 1.18. The highest BCUT2D eigenvalue weighted by atomic mass is 31.1. The van der Waals surface area contributed by atoms with Gasteiger partial charge in [-0.15, -0.1) is 0 Å². The number of rotatable bonds is 0. The van der Waals surface area contributed by atoms with Crippen LogP contribution < -0.4 is 0 Å². The van der Waals surface area contributed by atoms with Crippen LogP contribution in [-0.2, 0) is 0 Å². The molecule has 0 heterocycles. The Balaban J connectivity index is 2.92. The highest BCUT2D eigenvalue weighted by molar-refractivity contribution is 7.31. The minimum atomic E-state index is 0.0540. The second kappa shape index (κ2) is 2.59. The predicted molar refractivity (Wildman–Crippen MR) is 15.3 cm³/mol. The zero-order chi connectivity index (χ0) is 3.41. The van der Waals surface area contributed by atoms with E-state index in [1.807, 2.05) is 0 Å². The molecule has 0 amide bonds. The zero-order valence-corrected chi connectivity index (χ0v) is 2.79. The summed E-state index contributed by atoms with van der Waals surface area (Å²) in [5, 5.41) is 13.5. The van der Waals surface area contributed by atoms with Crippen LogP contribution >= 0.6 is 8.37 Å². The zero-order valence-electron chi connectivity index (χ0n) is 1.89. The molecule has 0 aromatic carbocycles. The van der Waals surface area contributed by atoms with Crippen LogP contribution in [0.3, 0.4) is 0 Å². The molecule has 20 valence electrons. The molecule has 0 fully saturated rings. The Bertz CT molecular complexity index is 51.5. The lowest BCUT2D eigenvalue weighted by atomic mass is 11.8. The van der Waals surface area contributed by atoms with Crippen LogP contribution in [0.2, 0.25) is 0 Å². The van der Waals surface area contributed by atoms with Crippen molar-refractivity contribution in [2.75, 3.05) is 0 Å². The number of nitrogens with one attached hydrogen (secondary N) is 1. The van der Waals surface area contributed by atoms with Crippen LogP contribution in [0.25, 0.3) is 0 Å². The van der Waals surface area contributed by atoms with E-state index in [4.69, 9.17) is 10.4 Å². The summed E-state index contributed by atoms with van der Waals surface area (Å²) in [6, 6.07) is 0. The van der Waals surface area contributed by atoms with Gasteiger partial charge in [-0.2, -0.15) is 5.26 Å².